The number of guanidine groups is 1. The summed E-state index contributed by atoms with van der Waals surface area (Å²) in [6, 6.07) is 12.7. The molecule has 0 aromatic heterocycles. The Morgan fingerprint density at radius 3 is 2.23 bits per heavy atom. The van der Waals surface area contributed by atoms with Crippen molar-refractivity contribution in [1.82, 2.24) is 5.48 Å². The van der Waals surface area contributed by atoms with Crippen LogP contribution in [0, 0.1) is 6.92 Å². The molecule has 0 aliphatic carbocycles. The van der Waals surface area contributed by atoms with E-state index in [1.54, 1.807) is 41.9 Å². The molecule has 2 aromatic carbocycles. The van der Waals surface area contributed by atoms with E-state index in [0.29, 0.717) is 10.7 Å². The summed E-state index contributed by atoms with van der Waals surface area (Å²) < 4.78 is 27.8. The zero-order chi connectivity index (χ0) is 16.2. The Morgan fingerprint density at radius 2 is 1.68 bits per heavy atom. The monoisotopic (exact) mass is 339 g/mol. The van der Waals surface area contributed by atoms with E-state index >= 15 is 0 Å². The summed E-state index contributed by atoms with van der Waals surface area (Å²) in [7, 11) is -3.94. The van der Waals surface area contributed by atoms with Crippen molar-refractivity contribution in [2.75, 3.05) is 5.32 Å². The summed E-state index contributed by atoms with van der Waals surface area (Å²) >= 11 is 5.76. The van der Waals surface area contributed by atoms with E-state index in [2.05, 4.69) is 9.71 Å². The zero-order valence-corrected chi connectivity index (χ0v) is 13.2. The predicted octanol–water partition coefficient (Wildman–Crippen LogP) is 2.78. The zero-order valence-electron chi connectivity index (χ0n) is 11.6. The van der Waals surface area contributed by atoms with E-state index in [0.717, 1.165) is 5.56 Å². The Morgan fingerprint density at radius 1 is 1.09 bits per heavy atom. The van der Waals surface area contributed by atoms with Crippen molar-refractivity contribution in [1.29, 1.82) is 0 Å². The normalized spacial score (nSPS) is 12.0. The maximum Gasteiger partial charge on any atom is 0.285 e. The first kappa shape index (κ1) is 16.3. The van der Waals surface area contributed by atoms with Crippen molar-refractivity contribution in [2.24, 2.45) is 4.40 Å². The first-order valence-corrected chi connectivity index (χ1v) is 8.07. The van der Waals surface area contributed by atoms with E-state index in [-0.39, 0.29) is 10.9 Å². The van der Waals surface area contributed by atoms with Gasteiger partial charge in [0, 0.05) is 10.7 Å². The van der Waals surface area contributed by atoms with Crippen molar-refractivity contribution in [2.45, 2.75) is 11.8 Å². The summed E-state index contributed by atoms with van der Waals surface area (Å²) in [5.41, 5.74) is 3.18. The lowest BCUT2D eigenvalue weighted by molar-refractivity contribution is 0.234. The second kappa shape index (κ2) is 6.78. The molecule has 0 atom stereocenters. The minimum Gasteiger partial charge on any atom is -0.324 e. The Bertz CT molecular complexity index is 772. The first-order valence-electron chi connectivity index (χ1n) is 6.25. The molecule has 8 heteroatoms. The topological polar surface area (TPSA) is 90.8 Å². The van der Waals surface area contributed by atoms with Gasteiger partial charge < -0.3 is 5.32 Å². The van der Waals surface area contributed by atoms with E-state index < -0.39 is 10.0 Å². The van der Waals surface area contributed by atoms with Crippen molar-refractivity contribution in [3.05, 3.63) is 59.1 Å². The number of halogens is 1. The summed E-state index contributed by atoms with van der Waals surface area (Å²) in [5, 5.41) is 12.2. The molecule has 3 N–H and O–H groups in total. The molecule has 2 rings (SSSR count). The van der Waals surface area contributed by atoms with Gasteiger partial charge in [-0.3, -0.25) is 5.21 Å². The number of benzene rings is 2. The Labute approximate surface area is 133 Å². The average Bonchev–Trinajstić information content (AvgIpc) is 2.49. The highest BCUT2D eigenvalue weighted by molar-refractivity contribution is 7.90. The minimum absolute atomic E-state index is 0.0313. The molecule has 0 aliphatic heterocycles. The van der Waals surface area contributed by atoms with E-state index in [9.17, 15) is 8.42 Å². The van der Waals surface area contributed by atoms with Crippen LogP contribution in [0.25, 0.3) is 0 Å². The SMILES string of the molecule is Cc1ccc(S(=O)(=O)N=C(NO)Nc2ccc(Cl)cc2)cc1. The fourth-order valence-electron chi connectivity index (χ4n) is 1.62. The van der Waals surface area contributed by atoms with Gasteiger partial charge in [0.2, 0.25) is 5.96 Å². The van der Waals surface area contributed by atoms with E-state index in [1.807, 2.05) is 6.92 Å². The van der Waals surface area contributed by atoms with Gasteiger partial charge in [-0.1, -0.05) is 29.3 Å². The van der Waals surface area contributed by atoms with Gasteiger partial charge in [-0.2, -0.15) is 8.42 Å². The molecule has 0 amide bonds. The fourth-order valence-corrected chi connectivity index (χ4v) is 2.66. The molecule has 0 radical (unpaired) electrons. The second-order valence-corrected chi connectivity index (χ2v) is 6.51. The number of nitrogens with one attached hydrogen (secondary N) is 2. The molecule has 6 nitrogen and oxygen atoms in total. The lowest BCUT2D eigenvalue weighted by atomic mass is 10.2. The molecule has 0 saturated heterocycles. The van der Waals surface area contributed by atoms with Crippen LogP contribution >= 0.6 is 11.6 Å². The van der Waals surface area contributed by atoms with Crippen LogP contribution in [-0.4, -0.2) is 19.6 Å². The molecule has 0 heterocycles. The van der Waals surface area contributed by atoms with Crippen LogP contribution in [0.4, 0.5) is 5.69 Å². The third-order valence-electron chi connectivity index (χ3n) is 2.74. The van der Waals surface area contributed by atoms with Gasteiger partial charge in [0.1, 0.15) is 0 Å². The molecule has 2 aromatic rings. The Hall–Kier alpha value is -2.09. The molecule has 0 bridgehead atoms. The third kappa shape index (κ3) is 4.20. The van der Waals surface area contributed by atoms with Gasteiger partial charge in [0.15, 0.2) is 0 Å². The highest BCUT2D eigenvalue weighted by Crippen LogP contribution is 2.15. The molecule has 0 unspecified atom stereocenters. The van der Waals surface area contributed by atoms with Gasteiger partial charge in [-0.15, -0.1) is 4.40 Å². The predicted molar refractivity (Wildman–Crippen MR) is 85.8 cm³/mol. The maximum atomic E-state index is 12.2. The third-order valence-corrected chi connectivity index (χ3v) is 4.29. The number of aryl methyl sites for hydroxylation is 1. The van der Waals surface area contributed by atoms with Crippen LogP contribution < -0.4 is 10.8 Å². The fraction of sp³-hybridized carbons (Fsp3) is 0.0714. The van der Waals surface area contributed by atoms with Crippen LogP contribution in [0.2, 0.25) is 5.02 Å². The van der Waals surface area contributed by atoms with Crippen LogP contribution in [0.5, 0.6) is 0 Å². The maximum absolute atomic E-state index is 12.2. The molecule has 116 valence electrons. The highest BCUT2D eigenvalue weighted by Gasteiger charge is 2.14. The summed E-state index contributed by atoms with van der Waals surface area (Å²) in [5.74, 6) is -0.317. The number of hydrogen-bond acceptors (Lipinski definition) is 3. The smallest absolute Gasteiger partial charge is 0.285 e. The molecule has 0 aliphatic rings. The van der Waals surface area contributed by atoms with Gasteiger partial charge in [0.05, 0.1) is 4.90 Å². The standard InChI is InChI=1S/C14H14ClN3O3S/c1-10-2-8-13(9-3-10)22(20,21)18-14(17-19)16-12-6-4-11(15)5-7-12/h2-9,19H,1H3,(H2,16,17,18). The van der Waals surface area contributed by atoms with Gasteiger partial charge >= 0.3 is 0 Å². The van der Waals surface area contributed by atoms with Crippen LogP contribution in [0.15, 0.2) is 57.8 Å². The molecular formula is C14H14ClN3O3S. The molecule has 22 heavy (non-hydrogen) atoms. The number of hydrogen-bond donors (Lipinski definition) is 3. The van der Waals surface area contributed by atoms with Crippen molar-refractivity contribution < 1.29 is 13.6 Å². The second-order valence-electron chi connectivity index (χ2n) is 4.47. The largest absolute Gasteiger partial charge is 0.324 e. The lowest BCUT2D eigenvalue weighted by Crippen LogP contribution is -2.28. The van der Waals surface area contributed by atoms with Crippen molar-refractivity contribution >= 4 is 33.3 Å². The first-order chi connectivity index (χ1) is 10.4. The van der Waals surface area contributed by atoms with Crippen LogP contribution in [-0.2, 0) is 10.0 Å². The summed E-state index contributed by atoms with van der Waals surface area (Å²) in [6.45, 7) is 1.85. The van der Waals surface area contributed by atoms with Gasteiger partial charge in [0.25, 0.3) is 10.0 Å². The quantitative estimate of drug-likeness (QED) is 0.454. The highest BCUT2D eigenvalue weighted by atomic mass is 35.5. The molecule has 0 saturated carbocycles. The lowest BCUT2D eigenvalue weighted by Gasteiger charge is -2.08. The Kier molecular flexibility index (Phi) is 5.02. The van der Waals surface area contributed by atoms with E-state index in [1.165, 1.54) is 12.1 Å². The Balaban J connectivity index is 2.27. The summed E-state index contributed by atoms with van der Waals surface area (Å²) in [4.78, 5) is 0.0313. The number of rotatable bonds is 3. The van der Waals surface area contributed by atoms with Crippen LogP contribution in [0.1, 0.15) is 5.56 Å². The van der Waals surface area contributed by atoms with Gasteiger partial charge in [-0.25, -0.2) is 5.48 Å². The van der Waals surface area contributed by atoms with Crippen LogP contribution in [0.3, 0.4) is 0 Å². The van der Waals surface area contributed by atoms with Gasteiger partial charge in [-0.05, 0) is 43.3 Å². The number of sulfonamides is 1. The number of nitrogens with zero attached hydrogens (tertiary/aromatic N) is 1. The average molecular weight is 340 g/mol. The molecular weight excluding hydrogens is 326 g/mol. The molecule has 0 fully saturated rings. The number of anilines is 1. The molecule has 0 spiro atoms. The van der Waals surface area contributed by atoms with E-state index in [4.69, 9.17) is 16.8 Å². The van der Waals surface area contributed by atoms with Crippen molar-refractivity contribution in [3.63, 3.8) is 0 Å². The minimum atomic E-state index is -3.94. The summed E-state index contributed by atoms with van der Waals surface area (Å²) in [6.07, 6.45) is 0. The number of hydroxylamine groups is 1. The van der Waals surface area contributed by atoms with Crippen molar-refractivity contribution in [3.8, 4) is 0 Å².